The maximum Gasteiger partial charge on any atom is 0.332 e. The number of carbonyl (C=O) groups is 7. The zero-order valence-electron chi connectivity index (χ0n) is 43.1. The molecule has 0 saturated carbocycles. The van der Waals surface area contributed by atoms with Gasteiger partial charge in [-0.3, -0.25) is 28.8 Å². The third-order valence-electron chi connectivity index (χ3n) is 14.2. The average molecular weight is 892 g/mol. The van der Waals surface area contributed by atoms with E-state index in [2.05, 4.69) is 41.9 Å². The van der Waals surface area contributed by atoms with E-state index >= 15 is 0 Å². The maximum absolute atomic E-state index is 14.6. The molecule has 17 nitrogen and oxygen atoms in total. The van der Waals surface area contributed by atoms with Crippen molar-refractivity contribution in [3.05, 3.63) is 10.4 Å². The zero-order chi connectivity index (χ0) is 50.4. The summed E-state index contributed by atoms with van der Waals surface area (Å²) in [5, 5.41) is 21.0. The number of rotatable bonds is 21. The molecule has 0 fully saturated rings. The molecule has 0 aromatic carbocycles. The van der Waals surface area contributed by atoms with Gasteiger partial charge in [-0.1, -0.05) is 102 Å². The second kappa shape index (κ2) is 20.6. The van der Waals surface area contributed by atoms with Crippen LogP contribution in [0.1, 0.15) is 166 Å². The molecule has 6 amide bonds. The Balaban J connectivity index is 7.00. The van der Waals surface area contributed by atoms with Crippen LogP contribution in [0.15, 0.2) is 5.11 Å². The summed E-state index contributed by atoms with van der Waals surface area (Å²) in [7, 11) is 0. The SMILES string of the molecule is CC(C)[C@](C)(N=[N+]=[N-])C(=O)N[C@](C)(C(=O)N[C@](C)(C(=O)N[C@](C)(C(=O)N[C@](C)(C(=O)N[C@](C)(C(=O)N[C@](C)(C(=O)OC(C)(C)C)C(C)C)C(C)C)C(C)C)C(C)C)C(C)C)C(C)C. The molecular weight excluding hydrogens is 807 g/mol. The third-order valence-corrected chi connectivity index (χ3v) is 14.2. The van der Waals surface area contributed by atoms with Crippen molar-refractivity contribution in [3.8, 4) is 0 Å². The van der Waals surface area contributed by atoms with Crippen molar-refractivity contribution in [1.82, 2.24) is 31.9 Å². The van der Waals surface area contributed by atoms with Gasteiger partial charge in [0.15, 0.2) is 0 Å². The van der Waals surface area contributed by atoms with Crippen LogP contribution in [0.25, 0.3) is 10.4 Å². The predicted molar refractivity (Wildman–Crippen MR) is 247 cm³/mol. The summed E-state index contributed by atoms with van der Waals surface area (Å²) < 4.78 is 5.68. The van der Waals surface area contributed by atoms with Gasteiger partial charge in [0.1, 0.15) is 44.4 Å². The molecule has 17 heteroatoms. The lowest BCUT2D eigenvalue weighted by molar-refractivity contribution is -0.167. The summed E-state index contributed by atoms with van der Waals surface area (Å²) in [6.45, 7) is 40.3. The van der Waals surface area contributed by atoms with Gasteiger partial charge in [0.05, 0.1) is 0 Å². The lowest BCUT2D eigenvalue weighted by Gasteiger charge is -2.45. The van der Waals surface area contributed by atoms with E-state index in [-0.39, 0.29) is 0 Å². The fraction of sp³-hybridized carbons (Fsp3) is 0.848. The third kappa shape index (κ3) is 12.7. The first kappa shape index (κ1) is 58.6. The Hall–Kier alpha value is -4.40. The molecule has 0 unspecified atom stereocenters. The smallest absolute Gasteiger partial charge is 0.332 e. The number of hydrogen-bond acceptors (Lipinski definition) is 9. The van der Waals surface area contributed by atoms with Crippen molar-refractivity contribution in [2.75, 3.05) is 0 Å². The molecule has 0 aromatic heterocycles. The van der Waals surface area contributed by atoms with Gasteiger partial charge >= 0.3 is 5.97 Å². The summed E-state index contributed by atoms with van der Waals surface area (Å²) in [5.74, 6) is -8.13. The van der Waals surface area contributed by atoms with Crippen molar-refractivity contribution in [2.24, 2.45) is 46.5 Å². The summed E-state index contributed by atoms with van der Waals surface area (Å²) >= 11 is 0. The van der Waals surface area contributed by atoms with Crippen LogP contribution < -0.4 is 31.9 Å². The highest BCUT2D eigenvalue weighted by Gasteiger charge is 2.53. The van der Waals surface area contributed by atoms with Crippen LogP contribution in [-0.2, 0) is 38.3 Å². The highest BCUT2D eigenvalue weighted by molar-refractivity contribution is 6.02. The van der Waals surface area contributed by atoms with Gasteiger partial charge in [0.25, 0.3) is 0 Å². The van der Waals surface area contributed by atoms with Crippen molar-refractivity contribution in [2.45, 2.75) is 211 Å². The molecule has 0 aliphatic heterocycles. The minimum absolute atomic E-state index is 0.393. The van der Waals surface area contributed by atoms with E-state index < -0.39 is 127 Å². The summed E-state index contributed by atoms with van der Waals surface area (Å²) in [6, 6.07) is 0. The van der Waals surface area contributed by atoms with Crippen molar-refractivity contribution in [1.29, 1.82) is 0 Å². The van der Waals surface area contributed by atoms with E-state index in [0.717, 1.165) is 0 Å². The van der Waals surface area contributed by atoms with E-state index in [1.807, 2.05) is 0 Å². The molecule has 63 heavy (non-hydrogen) atoms. The maximum atomic E-state index is 14.6. The Morgan fingerprint density at radius 2 is 0.587 bits per heavy atom. The van der Waals surface area contributed by atoms with Crippen LogP contribution in [0.5, 0.6) is 0 Å². The number of hydrogen-bond donors (Lipinski definition) is 6. The zero-order valence-corrected chi connectivity index (χ0v) is 43.1. The molecule has 0 heterocycles. The van der Waals surface area contributed by atoms with Gasteiger partial charge in [0.2, 0.25) is 35.4 Å². The topological polar surface area (TPSA) is 250 Å². The van der Waals surface area contributed by atoms with E-state index in [0.29, 0.717) is 0 Å². The molecule has 0 spiro atoms. The van der Waals surface area contributed by atoms with Gasteiger partial charge in [-0.05, 0) is 116 Å². The summed E-state index contributed by atoms with van der Waals surface area (Å²) in [4.78, 5) is 102. The molecule has 362 valence electrons. The molecule has 0 aliphatic carbocycles. The number of ether oxygens (including phenoxy) is 1. The number of nitrogens with one attached hydrogen (secondary N) is 6. The van der Waals surface area contributed by atoms with Gasteiger partial charge in [-0.2, -0.15) is 0 Å². The standard InChI is InChI=1S/C46H85N9O8/c1-25(2)40(18,48-33(57)41(19,26(3)4)50-35(59)43(21,28(7)8)52-37(61)45(23,30(11)12)54-55-47)32(56)49-42(20,27(5)6)34(58)51-44(22,29(9)10)36(60)53-46(24,31(13)14)38(62)63-39(15,16)17/h25-31H,1-24H3,(H,48,57)(H,49,56)(H,50,59)(H,51,58)(H,52,61)(H,53,60)/t40-,41-,42-,43-,44-,45-,46-/m0/s1. The number of esters is 1. The molecule has 0 rings (SSSR count). The minimum Gasteiger partial charge on any atom is -0.458 e. The Kier molecular flexibility index (Phi) is 19.2. The average Bonchev–Trinajstić information content (AvgIpc) is 3.12. The first-order chi connectivity index (χ1) is 28.1. The van der Waals surface area contributed by atoms with Crippen molar-refractivity contribution in [3.63, 3.8) is 0 Å². The van der Waals surface area contributed by atoms with Crippen LogP contribution in [0.4, 0.5) is 0 Å². The van der Waals surface area contributed by atoms with Crippen LogP contribution in [0.2, 0.25) is 0 Å². The highest BCUT2D eigenvalue weighted by Crippen LogP contribution is 2.31. The van der Waals surface area contributed by atoms with Gasteiger partial charge in [-0.15, -0.1) is 0 Å². The number of azide groups is 1. The lowest BCUT2D eigenvalue weighted by Crippen LogP contribution is -2.74. The molecule has 0 saturated heterocycles. The van der Waals surface area contributed by atoms with Crippen molar-refractivity contribution >= 4 is 41.4 Å². The van der Waals surface area contributed by atoms with E-state index in [1.165, 1.54) is 34.6 Å². The fourth-order valence-electron chi connectivity index (χ4n) is 5.84. The predicted octanol–water partition coefficient (Wildman–Crippen LogP) is 6.24. The summed E-state index contributed by atoms with van der Waals surface area (Å²) in [6.07, 6.45) is 0. The molecule has 0 aromatic rings. The van der Waals surface area contributed by atoms with Gasteiger partial charge in [-0.25, -0.2) is 4.79 Å². The van der Waals surface area contributed by atoms with Crippen molar-refractivity contribution < 1.29 is 38.3 Å². The molecule has 0 radical (unpaired) electrons. The van der Waals surface area contributed by atoms with Gasteiger partial charge in [0, 0.05) is 4.91 Å². The fourth-order valence-corrected chi connectivity index (χ4v) is 5.84. The normalized spacial score (nSPS) is 18.9. The highest BCUT2D eigenvalue weighted by atomic mass is 16.6. The van der Waals surface area contributed by atoms with E-state index in [4.69, 9.17) is 4.74 Å². The van der Waals surface area contributed by atoms with E-state index in [1.54, 1.807) is 132 Å². The number of nitrogens with zero attached hydrogens (tertiary/aromatic N) is 3. The molecule has 0 aliphatic rings. The Bertz CT molecular complexity index is 1770. The number of amides is 6. The second-order valence-electron chi connectivity index (χ2n) is 21.9. The van der Waals surface area contributed by atoms with Gasteiger partial charge < -0.3 is 36.6 Å². The first-order valence-electron chi connectivity index (χ1n) is 22.3. The largest absolute Gasteiger partial charge is 0.458 e. The first-order valence-corrected chi connectivity index (χ1v) is 22.3. The lowest BCUT2D eigenvalue weighted by atomic mass is 9.79. The number of carbonyl (C=O) groups excluding carboxylic acids is 7. The van der Waals surface area contributed by atoms with Crippen LogP contribution in [0.3, 0.4) is 0 Å². The van der Waals surface area contributed by atoms with Crippen LogP contribution >= 0.6 is 0 Å². The Morgan fingerprint density at radius 1 is 0.381 bits per heavy atom. The second-order valence-corrected chi connectivity index (χ2v) is 21.9. The van der Waals surface area contributed by atoms with E-state index in [9.17, 15) is 39.1 Å². The summed E-state index contributed by atoms with van der Waals surface area (Å²) in [5.41, 5.74) is -2.67. The molecule has 6 N–H and O–H groups in total. The Morgan fingerprint density at radius 3 is 0.762 bits per heavy atom. The van der Waals surface area contributed by atoms with Crippen LogP contribution in [0, 0.1) is 41.4 Å². The monoisotopic (exact) mass is 892 g/mol. The van der Waals surface area contributed by atoms with Crippen LogP contribution in [-0.4, -0.2) is 85.8 Å². The minimum atomic E-state index is -1.66. The molecule has 7 atom stereocenters. The molecule has 0 bridgehead atoms. The molecular formula is C46H85N9O8. The Labute approximate surface area is 378 Å². The quantitative estimate of drug-likeness (QED) is 0.0332.